The molecule has 5 nitrogen and oxygen atoms in total. The Morgan fingerprint density at radius 2 is 2.00 bits per heavy atom. The number of thiazole rings is 1. The number of para-hydroxylation sites is 3. The van der Waals surface area contributed by atoms with Gasteiger partial charge in [-0.15, -0.1) is 11.3 Å². The highest BCUT2D eigenvalue weighted by atomic mass is 32.1. The zero-order valence-electron chi connectivity index (χ0n) is 13.3. The van der Waals surface area contributed by atoms with Gasteiger partial charge in [0.25, 0.3) is 0 Å². The third-order valence-electron chi connectivity index (χ3n) is 3.35. The van der Waals surface area contributed by atoms with Crippen molar-refractivity contribution in [1.29, 1.82) is 5.26 Å². The summed E-state index contributed by atoms with van der Waals surface area (Å²) in [6.45, 7) is 0. The van der Waals surface area contributed by atoms with Crippen LogP contribution in [-0.4, -0.2) is 17.2 Å². The van der Waals surface area contributed by atoms with E-state index in [0.29, 0.717) is 21.4 Å². The Bertz CT molecular complexity index is 955. The third kappa shape index (κ3) is 3.94. The summed E-state index contributed by atoms with van der Waals surface area (Å²) in [6.07, 6.45) is 1.56. The molecule has 0 aliphatic rings. The van der Waals surface area contributed by atoms with Crippen LogP contribution in [0.1, 0.15) is 5.01 Å². The van der Waals surface area contributed by atoms with Crippen LogP contribution in [0.25, 0.3) is 15.8 Å². The number of anilines is 1. The number of hydrogen-bond donors (Lipinski definition) is 2. The Balaban J connectivity index is 1.74. The molecule has 0 aliphatic carbocycles. The molecule has 2 aromatic carbocycles. The Labute approximate surface area is 154 Å². The second kappa shape index (κ2) is 7.75. The number of nitriles is 1. The van der Waals surface area contributed by atoms with Crippen molar-refractivity contribution in [3.05, 3.63) is 59.7 Å². The van der Waals surface area contributed by atoms with E-state index in [-0.39, 0.29) is 0 Å². The van der Waals surface area contributed by atoms with Crippen molar-refractivity contribution in [3.63, 3.8) is 0 Å². The fourth-order valence-corrected chi connectivity index (χ4v) is 3.27. The first-order chi connectivity index (χ1) is 12.2. The largest absolute Gasteiger partial charge is 0.495 e. The molecule has 25 heavy (non-hydrogen) atoms. The minimum atomic E-state index is 0.360. The topological polar surface area (TPSA) is 70.0 Å². The van der Waals surface area contributed by atoms with Crippen LogP contribution >= 0.6 is 23.6 Å². The van der Waals surface area contributed by atoms with Crippen LogP contribution in [0.5, 0.6) is 5.75 Å². The number of nitrogens with one attached hydrogen (secondary N) is 2. The SMILES string of the molecule is COc1ccccc1NC(=S)N/C=C(\C#N)c1nc2ccccc2s1. The van der Waals surface area contributed by atoms with Crippen LogP contribution in [0.2, 0.25) is 0 Å². The lowest BCUT2D eigenvalue weighted by atomic mass is 10.3. The van der Waals surface area contributed by atoms with E-state index < -0.39 is 0 Å². The first kappa shape index (κ1) is 16.9. The monoisotopic (exact) mass is 366 g/mol. The van der Waals surface area contributed by atoms with E-state index in [4.69, 9.17) is 17.0 Å². The van der Waals surface area contributed by atoms with Crippen molar-refractivity contribution in [2.45, 2.75) is 0 Å². The highest BCUT2D eigenvalue weighted by Gasteiger charge is 2.09. The quantitative estimate of drug-likeness (QED) is 0.534. The molecule has 2 N–H and O–H groups in total. The fraction of sp³-hybridized carbons (Fsp3) is 0.0556. The van der Waals surface area contributed by atoms with Gasteiger partial charge in [-0.2, -0.15) is 5.26 Å². The molecule has 3 rings (SSSR count). The van der Waals surface area contributed by atoms with Gasteiger partial charge >= 0.3 is 0 Å². The van der Waals surface area contributed by atoms with Crippen molar-refractivity contribution in [2.75, 3.05) is 12.4 Å². The summed E-state index contributed by atoms with van der Waals surface area (Å²) in [5, 5.41) is 16.4. The number of nitrogens with zero attached hydrogens (tertiary/aromatic N) is 2. The van der Waals surface area contributed by atoms with Crippen molar-refractivity contribution < 1.29 is 4.74 Å². The van der Waals surface area contributed by atoms with Crippen LogP contribution in [-0.2, 0) is 0 Å². The second-order valence-electron chi connectivity index (χ2n) is 4.96. The summed E-state index contributed by atoms with van der Waals surface area (Å²) in [6, 6.07) is 17.4. The Kier molecular flexibility index (Phi) is 5.23. The summed E-state index contributed by atoms with van der Waals surface area (Å²) in [4.78, 5) is 4.48. The molecule has 0 unspecified atom stereocenters. The van der Waals surface area contributed by atoms with Crippen molar-refractivity contribution in [1.82, 2.24) is 10.3 Å². The molecule has 1 aromatic heterocycles. The number of hydrogen-bond acceptors (Lipinski definition) is 5. The van der Waals surface area contributed by atoms with E-state index in [2.05, 4.69) is 21.7 Å². The van der Waals surface area contributed by atoms with Gasteiger partial charge in [0.2, 0.25) is 0 Å². The third-order valence-corrected chi connectivity index (χ3v) is 4.64. The number of thiocarbonyl (C=S) groups is 1. The molecular formula is C18H14N4OS2. The minimum Gasteiger partial charge on any atom is -0.495 e. The fourth-order valence-electron chi connectivity index (χ4n) is 2.17. The standard InChI is InChI=1S/C18H14N4OS2/c1-23-15-8-4-2-6-13(15)22-18(24)20-11-12(10-19)17-21-14-7-3-5-9-16(14)25-17/h2-9,11H,1H3,(H2,20,22,24)/b12-11+. The molecule has 0 radical (unpaired) electrons. The Hall–Kier alpha value is -2.95. The maximum atomic E-state index is 9.41. The first-order valence-corrected chi connectivity index (χ1v) is 8.60. The highest BCUT2D eigenvalue weighted by Crippen LogP contribution is 2.26. The number of benzene rings is 2. The summed E-state index contributed by atoms with van der Waals surface area (Å²) in [5.74, 6) is 0.683. The molecule has 0 atom stereocenters. The molecule has 3 aromatic rings. The highest BCUT2D eigenvalue weighted by molar-refractivity contribution is 7.80. The van der Waals surface area contributed by atoms with Crippen LogP contribution in [0.4, 0.5) is 5.69 Å². The average molecular weight is 366 g/mol. The molecule has 0 amide bonds. The van der Waals surface area contributed by atoms with Crippen LogP contribution in [0, 0.1) is 11.3 Å². The molecule has 0 aliphatic heterocycles. The number of aromatic nitrogens is 1. The van der Waals surface area contributed by atoms with Gasteiger partial charge in [0.1, 0.15) is 22.4 Å². The summed E-state index contributed by atoms with van der Waals surface area (Å²) in [7, 11) is 1.60. The van der Waals surface area contributed by atoms with E-state index in [9.17, 15) is 5.26 Å². The number of ether oxygens (including phenoxy) is 1. The zero-order valence-corrected chi connectivity index (χ0v) is 14.9. The average Bonchev–Trinajstić information content (AvgIpc) is 3.06. The maximum Gasteiger partial charge on any atom is 0.174 e. The van der Waals surface area contributed by atoms with Gasteiger partial charge in [-0.3, -0.25) is 0 Å². The van der Waals surface area contributed by atoms with E-state index >= 15 is 0 Å². The number of allylic oxidation sites excluding steroid dienone is 1. The Morgan fingerprint density at radius 1 is 1.24 bits per heavy atom. The van der Waals surface area contributed by atoms with Crippen LogP contribution in [0.3, 0.4) is 0 Å². The molecule has 124 valence electrons. The van der Waals surface area contributed by atoms with E-state index in [1.165, 1.54) is 11.3 Å². The molecule has 7 heteroatoms. The van der Waals surface area contributed by atoms with E-state index in [1.54, 1.807) is 13.3 Å². The van der Waals surface area contributed by atoms with Gasteiger partial charge in [-0.1, -0.05) is 24.3 Å². The molecular weight excluding hydrogens is 352 g/mol. The lowest BCUT2D eigenvalue weighted by molar-refractivity contribution is 0.417. The smallest absolute Gasteiger partial charge is 0.174 e. The first-order valence-electron chi connectivity index (χ1n) is 7.38. The van der Waals surface area contributed by atoms with Gasteiger partial charge in [-0.25, -0.2) is 4.98 Å². The lowest BCUT2D eigenvalue weighted by Gasteiger charge is -2.11. The lowest BCUT2D eigenvalue weighted by Crippen LogP contribution is -2.24. The predicted molar refractivity (Wildman–Crippen MR) is 106 cm³/mol. The van der Waals surface area contributed by atoms with E-state index in [0.717, 1.165) is 15.9 Å². The second-order valence-corrected chi connectivity index (χ2v) is 6.39. The van der Waals surface area contributed by atoms with Gasteiger partial charge in [0.05, 0.1) is 23.0 Å². The van der Waals surface area contributed by atoms with Crippen molar-refractivity contribution >= 4 is 50.1 Å². The van der Waals surface area contributed by atoms with E-state index in [1.807, 2.05) is 48.5 Å². The summed E-state index contributed by atoms with van der Waals surface area (Å²) in [5.41, 5.74) is 2.04. The maximum absolute atomic E-state index is 9.41. The Morgan fingerprint density at radius 3 is 2.76 bits per heavy atom. The van der Waals surface area contributed by atoms with Crippen LogP contribution < -0.4 is 15.4 Å². The summed E-state index contributed by atoms with van der Waals surface area (Å²) >= 11 is 6.74. The molecule has 1 heterocycles. The normalized spacial score (nSPS) is 11.0. The molecule has 0 spiro atoms. The van der Waals surface area contributed by atoms with Gasteiger partial charge < -0.3 is 15.4 Å². The van der Waals surface area contributed by atoms with Crippen molar-refractivity contribution in [2.24, 2.45) is 0 Å². The molecule has 0 bridgehead atoms. The number of fused-ring (bicyclic) bond motifs is 1. The van der Waals surface area contributed by atoms with Gasteiger partial charge in [0.15, 0.2) is 5.11 Å². The van der Waals surface area contributed by atoms with Gasteiger partial charge in [-0.05, 0) is 36.5 Å². The minimum absolute atomic E-state index is 0.360. The summed E-state index contributed by atoms with van der Waals surface area (Å²) < 4.78 is 6.31. The predicted octanol–water partition coefficient (Wildman–Crippen LogP) is 4.16. The number of rotatable bonds is 4. The molecule has 0 fully saturated rings. The zero-order chi connectivity index (χ0) is 17.6. The van der Waals surface area contributed by atoms with Gasteiger partial charge in [0, 0.05) is 6.20 Å². The van der Waals surface area contributed by atoms with Crippen molar-refractivity contribution in [3.8, 4) is 11.8 Å². The number of methoxy groups -OCH3 is 1. The van der Waals surface area contributed by atoms with Crippen LogP contribution in [0.15, 0.2) is 54.7 Å². The molecule has 0 saturated heterocycles. The molecule has 0 saturated carbocycles.